The third kappa shape index (κ3) is 3.40. The van der Waals surface area contributed by atoms with Gasteiger partial charge in [0.05, 0.1) is 0 Å². The number of benzene rings is 1. The number of ketones is 1. The number of aliphatic carboxylic acids is 1. The van der Waals surface area contributed by atoms with Crippen LogP contribution in [0.1, 0.15) is 47.9 Å². The largest absolute Gasteiger partial charge is 0.480 e. The molecular formula is C14H17NO4. The molecule has 102 valence electrons. The van der Waals surface area contributed by atoms with Crippen LogP contribution in [0.4, 0.5) is 0 Å². The van der Waals surface area contributed by atoms with E-state index in [1.165, 1.54) is 26.0 Å². The minimum absolute atomic E-state index is 0.0871. The fourth-order valence-electron chi connectivity index (χ4n) is 1.47. The molecule has 1 unspecified atom stereocenters. The third-order valence-electron chi connectivity index (χ3n) is 3.12. The molecule has 0 saturated carbocycles. The second-order valence-electron chi connectivity index (χ2n) is 4.58. The molecule has 1 aromatic carbocycles. The van der Waals surface area contributed by atoms with Crippen molar-refractivity contribution in [2.45, 2.75) is 32.7 Å². The molecule has 0 heterocycles. The molecule has 0 saturated heterocycles. The molecule has 0 fully saturated rings. The van der Waals surface area contributed by atoms with Gasteiger partial charge in [-0.05, 0) is 32.4 Å². The Hall–Kier alpha value is -2.17. The van der Waals surface area contributed by atoms with Crippen LogP contribution in [-0.4, -0.2) is 28.3 Å². The molecule has 2 N–H and O–H groups in total. The molecular weight excluding hydrogens is 246 g/mol. The first-order valence-electron chi connectivity index (χ1n) is 5.97. The predicted octanol–water partition coefficient (Wildman–Crippen LogP) is 1.87. The Bertz CT molecular complexity index is 507. The summed E-state index contributed by atoms with van der Waals surface area (Å²) in [5.41, 5.74) is -0.463. The predicted molar refractivity (Wildman–Crippen MR) is 70.2 cm³/mol. The van der Waals surface area contributed by atoms with E-state index in [1.54, 1.807) is 19.1 Å². The first kappa shape index (κ1) is 14.9. The van der Waals surface area contributed by atoms with Crippen molar-refractivity contribution >= 4 is 17.7 Å². The SMILES string of the molecule is CCC(C)(NC(=O)c1ccc(C(C)=O)cc1)C(=O)O. The first-order chi connectivity index (χ1) is 8.80. The summed E-state index contributed by atoms with van der Waals surface area (Å²) in [6.07, 6.45) is 0.277. The molecule has 0 aliphatic rings. The van der Waals surface area contributed by atoms with Crippen molar-refractivity contribution in [3.63, 3.8) is 0 Å². The normalized spacial score (nSPS) is 13.4. The smallest absolute Gasteiger partial charge is 0.329 e. The highest BCUT2D eigenvalue weighted by Gasteiger charge is 2.32. The highest BCUT2D eigenvalue weighted by molar-refractivity contribution is 5.99. The molecule has 1 rings (SSSR count). The van der Waals surface area contributed by atoms with E-state index in [0.29, 0.717) is 11.1 Å². The zero-order chi connectivity index (χ0) is 14.6. The molecule has 0 aromatic heterocycles. The zero-order valence-electron chi connectivity index (χ0n) is 11.2. The van der Waals surface area contributed by atoms with E-state index in [0.717, 1.165) is 0 Å². The zero-order valence-corrected chi connectivity index (χ0v) is 11.2. The average Bonchev–Trinajstić information content (AvgIpc) is 2.38. The lowest BCUT2D eigenvalue weighted by Gasteiger charge is -2.24. The summed E-state index contributed by atoms with van der Waals surface area (Å²) in [4.78, 5) is 34.2. The van der Waals surface area contributed by atoms with E-state index in [-0.39, 0.29) is 12.2 Å². The lowest BCUT2D eigenvalue weighted by Crippen LogP contribution is -2.51. The molecule has 0 spiro atoms. The lowest BCUT2D eigenvalue weighted by atomic mass is 9.98. The maximum absolute atomic E-state index is 11.9. The Labute approximate surface area is 111 Å². The monoisotopic (exact) mass is 263 g/mol. The van der Waals surface area contributed by atoms with Crippen LogP contribution in [0.3, 0.4) is 0 Å². The Morgan fingerprint density at radius 1 is 1.16 bits per heavy atom. The minimum Gasteiger partial charge on any atom is -0.480 e. The molecule has 5 heteroatoms. The van der Waals surface area contributed by atoms with Gasteiger partial charge in [0.1, 0.15) is 5.54 Å². The second-order valence-corrected chi connectivity index (χ2v) is 4.58. The number of carbonyl (C=O) groups is 3. The van der Waals surface area contributed by atoms with Crippen molar-refractivity contribution in [2.75, 3.05) is 0 Å². The molecule has 19 heavy (non-hydrogen) atoms. The van der Waals surface area contributed by atoms with Gasteiger partial charge in [0.15, 0.2) is 5.78 Å². The van der Waals surface area contributed by atoms with Crippen LogP contribution >= 0.6 is 0 Å². The molecule has 0 aliphatic heterocycles. The number of carboxylic acids is 1. The van der Waals surface area contributed by atoms with Gasteiger partial charge in [-0.1, -0.05) is 19.1 Å². The van der Waals surface area contributed by atoms with Gasteiger partial charge in [-0.15, -0.1) is 0 Å². The van der Waals surface area contributed by atoms with Crippen LogP contribution in [0.2, 0.25) is 0 Å². The van der Waals surface area contributed by atoms with E-state index in [4.69, 9.17) is 5.11 Å². The van der Waals surface area contributed by atoms with Crippen molar-refractivity contribution in [2.24, 2.45) is 0 Å². The fraction of sp³-hybridized carbons (Fsp3) is 0.357. The van der Waals surface area contributed by atoms with Crippen LogP contribution in [-0.2, 0) is 4.79 Å². The Kier molecular flexibility index (Phi) is 4.43. The standard InChI is InChI=1S/C14H17NO4/c1-4-14(3,13(18)19)15-12(17)11-7-5-10(6-8-11)9(2)16/h5-8H,4H2,1-3H3,(H,15,17)(H,18,19). The number of nitrogens with one attached hydrogen (secondary N) is 1. The van der Waals surface area contributed by atoms with Gasteiger partial charge in [-0.25, -0.2) is 4.79 Å². The number of Topliss-reactive ketones (excluding diaryl/α,β-unsaturated/α-hetero) is 1. The maximum Gasteiger partial charge on any atom is 0.329 e. The Morgan fingerprint density at radius 2 is 1.63 bits per heavy atom. The second kappa shape index (κ2) is 5.65. The topological polar surface area (TPSA) is 83.5 Å². The molecule has 1 aromatic rings. The van der Waals surface area contributed by atoms with Crippen molar-refractivity contribution in [1.29, 1.82) is 0 Å². The van der Waals surface area contributed by atoms with E-state index >= 15 is 0 Å². The van der Waals surface area contributed by atoms with Gasteiger partial charge in [0, 0.05) is 11.1 Å². The Morgan fingerprint density at radius 3 is 2.00 bits per heavy atom. The molecule has 0 bridgehead atoms. The highest BCUT2D eigenvalue weighted by atomic mass is 16.4. The van der Waals surface area contributed by atoms with Crippen LogP contribution in [0, 0.1) is 0 Å². The van der Waals surface area contributed by atoms with Crippen molar-refractivity contribution in [3.8, 4) is 0 Å². The summed E-state index contributed by atoms with van der Waals surface area (Å²) in [5.74, 6) is -1.64. The molecule has 0 radical (unpaired) electrons. The van der Waals surface area contributed by atoms with Crippen LogP contribution in [0.25, 0.3) is 0 Å². The summed E-state index contributed by atoms with van der Waals surface area (Å²) in [6.45, 7) is 4.58. The van der Waals surface area contributed by atoms with Crippen LogP contribution in [0.5, 0.6) is 0 Å². The van der Waals surface area contributed by atoms with Gasteiger partial charge in [-0.3, -0.25) is 9.59 Å². The van der Waals surface area contributed by atoms with Gasteiger partial charge in [0.25, 0.3) is 5.91 Å². The van der Waals surface area contributed by atoms with E-state index < -0.39 is 17.4 Å². The molecule has 5 nitrogen and oxygen atoms in total. The van der Waals surface area contributed by atoms with Crippen molar-refractivity contribution in [3.05, 3.63) is 35.4 Å². The van der Waals surface area contributed by atoms with Crippen molar-refractivity contribution < 1.29 is 19.5 Å². The van der Waals surface area contributed by atoms with Crippen molar-refractivity contribution in [1.82, 2.24) is 5.32 Å². The van der Waals surface area contributed by atoms with Gasteiger partial charge >= 0.3 is 5.97 Å². The Balaban J connectivity index is 2.89. The highest BCUT2D eigenvalue weighted by Crippen LogP contribution is 2.12. The molecule has 0 aliphatic carbocycles. The summed E-state index contributed by atoms with van der Waals surface area (Å²) < 4.78 is 0. The lowest BCUT2D eigenvalue weighted by molar-refractivity contribution is -0.143. The number of amides is 1. The summed E-state index contributed by atoms with van der Waals surface area (Å²) in [5, 5.41) is 11.6. The van der Waals surface area contributed by atoms with E-state index in [9.17, 15) is 14.4 Å². The van der Waals surface area contributed by atoms with Crippen LogP contribution < -0.4 is 5.32 Å². The van der Waals surface area contributed by atoms with Gasteiger partial charge in [-0.2, -0.15) is 0 Å². The fourth-order valence-corrected chi connectivity index (χ4v) is 1.47. The summed E-state index contributed by atoms with van der Waals surface area (Å²) >= 11 is 0. The number of hydrogen-bond donors (Lipinski definition) is 2. The quantitative estimate of drug-likeness (QED) is 0.794. The average molecular weight is 263 g/mol. The summed E-state index contributed by atoms with van der Waals surface area (Å²) in [6, 6.07) is 6.09. The maximum atomic E-state index is 11.9. The number of carboxylic acid groups (broad SMARTS) is 1. The summed E-state index contributed by atoms with van der Waals surface area (Å²) in [7, 11) is 0. The van der Waals surface area contributed by atoms with E-state index in [2.05, 4.69) is 5.32 Å². The number of rotatable bonds is 5. The van der Waals surface area contributed by atoms with E-state index in [1.807, 2.05) is 0 Å². The third-order valence-corrected chi connectivity index (χ3v) is 3.12. The number of carbonyl (C=O) groups excluding carboxylic acids is 2. The minimum atomic E-state index is -1.30. The first-order valence-corrected chi connectivity index (χ1v) is 5.97. The van der Waals surface area contributed by atoms with Gasteiger partial charge < -0.3 is 10.4 Å². The number of hydrogen-bond acceptors (Lipinski definition) is 3. The molecule has 1 amide bonds. The van der Waals surface area contributed by atoms with Crippen LogP contribution in [0.15, 0.2) is 24.3 Å². The van der Waals surface area contributed by atoms with Gasteiger partial charge in [0.2, 0.25) is 0 Å². The molecule has 1 atom stereocenters.